The van der Waals surface area contributed by atoms with Gasteiger partial charge in [-0.1, -0.05) is 18.2 Å². The second-order valence-corrected chi connectivity index (χ2v) is 12.8. The first-order chi connectivity index (χ1) is 17.2. The quantitative estimate of drug-likeness (QED) is 0.423. The van der Waals surface area contributed by atoms with Crippen LogP contribution in [0.3, 0.4) is 0 Å². The van der Waals surface area contributed by atoms with E-state index >= 15 is 0 Å². The molecule has 0 aliphatic carbocycles. The van der Waals surface area contributed by atoms with Gasteiger partial charge in [0, 0.05) is 25.5 Å². The minimum Gasteiger partial charge on any atom is -0.325 e. The average molecular weight is 545 g/mol. The predicted octanol–water partition coefficient (Wildman–Crippen LogP) is 3.97. The summed E-state index contributed by atoms with van der Waals surface area (Å²) in [6.07, 6.45) is 0. The number of sulfonamides is 1. The Kier molecular flexibility index (Phi) is 8.31. The predicted molar refractivity (Wildman–Crippen MR) is 148 cm³/mol. The Hall–Kier alpha value is -3.41. The van der Waals surface area contributed by atoms with E-state index in [2.05, 4.69) is 10.0 Å². The molecule has 198 valence electrons. The van der Waals surface area contributed by atoms with Gasteiger partial charge in [0.15, 0.2) is 0 Å². The molecule has 37 heavy (non-hydrogen) atoms. The van der Waals surface area contributed by atoms with Crippen molar-refractivity contribution < 1.29 is 21.6 Å². The van der Waals surface area contributed by atoms with Gasteiger partial charge in [0.05, 0.1) is 10.6 Å². The molecule has 0 aromatic heterocycles. The Balaban J connectivity index is 1.78. The van der Waals surface area contributed by atoms with E-state index in [1.807, 2.05) is 32.9 Å². The first-order valence-corrected chi connectivity index (χ1v) is 14.4. The molecule has 0 aliphatic heterocycles. The lowest BCUT2D eigenvalue weighted by Gasteiger charge is -2.28. The molecule has 9 nitrogen and oxygen atoms in total. The van der Waals surface area contributed by atoms with Crippen molar-refractivity contribution >= 4 is 43.2 Å². The highest BCUT2D eigenvalue weighted by molar-refractivity contribution is 7.92. The number of hydrogen-bond acceptors (Lipinski definition) is 5. The minimum atomic E-state index is -3.96. The van der Waals surface area contributed by atoms with Crippen LogP contribution in [-0.2, 0) is 25.0 Å². The Labute approximate surface area is 219 Å². The van der Waals surface area contributed by atoms with Crippen molar-refractivity contribution in [3.05, 3.63) is 82.9 Å². The lowest BCUT2D eigenvalue weighted by atomic mass is 10.1. The first-order valence-electron chi connectivity index (χ1n) is 11.5. The molecule has 0 spiro atoms. The fourth-order valence-electron chi connectivity index (χ4n) is 3.54. The average Bonchev–Trinajstić information content (AvgIpc) is 2.81. The Bertz CT molecular complexity index is 1520. The van der Waals surface area contributed by atoms with Crippen LogP contribution in [0.1, 0.15) is 22.3 Å². The molecule has 0 fully saturated rings. The van der Waals surface area contributed by atoms with Crippen LogP contribution in [0.4, 0.5) is 17.1 Å². The second kappa shape index (κ2) is 10.9. The van der Waals surface area contributed by atoms with Gasteiger partial charge in [-0.05, 0) is 92.4 Å². The van der Waals surface area contributed by atoms with Crippen molar-refractivity contribution in [2.75, 3.05) is 35.0 Å². The number of hydrogen-bond donors (Lipinski definition) is 2. The van der Waals surface area contributed by atoms with Gasteiger partial charge in [-0.15, -0.1) is 0 Å². The van der Waals surface area contributed by atoms with E-state index < -0.39 is 32.7 Å². The van der Waals surface area contributed by atoms with E-state index in [0.29, 0.717) is 22.6 Å². The molecule has 0 aliphatic rings. The number of amides is 1. The topological polar surface area (TPSA) is 116 Å². The van der Waals surface area contributed by atoms with Gasteiger partial charge in [0.1, 0.15) is 6.54 Å². The minimum absolute atomic E-state index is 0.0240. The van der Waals surface area contributed by atoms with Crippen LogP contribution in [0.2, 0.25) is 0 Å². The van der Waals surface area contributed by atoms with Crippen LogP contribution in [0, 0.1) is 27.7 Å². The second-order valence-electron chi connectivity index (χ2n) is 9.06. The van der Waals surface area contributed by atoms with Crippen LogP contribution in [-0.4, -0.2) is 47.7 Å². The van der Waals surface area contributed by atoms with E-state index in [1.165, 1.54) is 38.4 Å². The van der Waals surface area contributed by atoms with Gasteiger partial charge in [-0.2, -0.15) is 12.7 Å². The van der Waals surface area contributed by atoms with E-state index in [9.17, 15) is 21.6 Å². The smallest absolute Gasteiger partial charge is 0.304 e. The summed E-state index contributed by atoms with van der Waals surface area (Å²) >= 11 is 0. The van der Waals surface area contributed by atoms with E-state index in [0.717, 1.165) is 25.3 Å². The van der Waals surface area contributed by atoms with Crippen molar-refractivity contribution in [1.29, 1.82) is 0 Å². The summed E-state index contributed by atoms with van der Waals surface area (Å²) in [6.45, 7) is 7.00. The summed E-state index contributed by atoms with van der Waals surface area (Å²) in [6, 6.07) is 16.3. The number of benzene rings is 3. The maximum atomic E-state index is 13.0. The zero-order valence-corrected chi connectivity index (χ0v) is 23.4. The van der Waals surface area contributed by atoms with Crippen LogP contribution < -0.4 is 14.3 Å². The molecule has 0 atom stereocenters. The monoisotopic (exact) mass is 544 g/mol. The van der Waals surface area contributed by atoms with Gasteiger partial charge in [0.2, 0.25) is 5.91 Å². The first kappa shape index (κ1) is 28.2. The number of rotatable bonds is 9. The molecule has 0 saturated heterocycles. The highest BCUT2D eigenvalue weighted by Crippen LogP contribution is 2.26. The van der Waals surface area contributed by atoms with Crippen LogP contribution >= 0.6 is 0 Å². The van der Waals surface area contributed by atoms with Gasteiger partial charge in [-0.3, -0.25) is 9.52 Å². The molecule has 0 bridgehead atoms. The third-order valence-electron chi connectivity index (χ3n) is 5.87. The van der Waals surface area contributed by atoms with Gasteiger partial charge >= 0.3 is 10.2 Å². The van der Waals surface area contributed by atoms with Crippen LogP contribution in [0.15, 0.2) is 65.6 Å². The number of carbonyl (C=O) groups is 1. The maximum Gasteiger partial charge on any atom is 0.304 e. The Morgan fingerprint density at radius 3 is 1.95 bits per heavy atom. The normalized spacial score (nSPS) is 11.9. The van der Waals surface area contributed by atoms with Crippen molar-refractivity contribution in [2.45, 2.75) is 32.6 Å². The number of nitrogens with one attached hydrogen (secondary N) is 2. The molecule has 0 radical (unpaired) electrons. The van der Waals surface area contributed by atoms with E-state index in [-0.39, 0.29) is 4.90 Å². The number of anilines is 3. The molecule has 1 amide bonds. The van der Waals surface area contributed by atoms with Crippen molar-refractivity contribution in [3.8, 4) is 0 Å². The fraction of sp³-hybridized carbons (Fsp3) is 0.269. The van der Waals surface area contributed by atoms with Crippen LogP contribution in [0.25, 0.3) is 0 Å². The van der Waals surface area contributed by atoms with Crippen LogP contribution in [0.5, 0.6) is 0 Å². The molecule has 11 heteroatoms. The molecule has 3 aromatic carbocycles. The highest BCUT2D eigenvalue weighted by Gasteiger charge is 2.28. The van der Waals surface area contributed by atoms with E-state index in [1.54, 1.807) is 31.2 Å². The summed E-state index contributed by atoms with van der Waals surface area (Å²) in [5, 5.41) is 2.65. The lowest BCUT2D eigenvalue weighted by Crippen LogP contribution is -2.44. The van der Waals surface area contributed by atoms with Gasteiger partial charge < -0.3 is 5.32 Å². The molecule has 3 aromatic rings. The number of nitrogens with zero attached hydrogens (tertiary/aromatic N) is 2. The highest BCUT2D eigenvalue weighted by atomic mass is 32.2. The maximum absolute atomic E-state index is 13.0. The summed E-state index contributed by atoms with van der Waals surface area (Å²) in [5.41, 5.74) is 4.76. The van der Waals surface area contributed by atoms with Gasteiger partial charge in [0.25, 0.3) is 10.0 Å². The Morgan fingerprint density at radius 1 is 0.757 bits per heavy atom. The van der Waals surface area contributed by atoms with Gasteiger partial charge in [-0.25, -0.2) is 12.7 Å². The standard InChI is InChI=1S/C26H32N4O5S2/c1-18-7-8-20(3)25(15-18)30(37(34,35)29(5)6)17-26(31)27-22-11-13-24(14-12-22)36(32,33)28-23-10-9-19(2)21(4)16-23/h7-16,28H,17H2,1-6H3,(H,27,31). The largest absolute Gasteiger partial charge is 0.325 e. The molecule has 2 N–H and O–H groups in total. The molecular formula is C26H32N4O5S2. The molecular weight excluding hydrogens is 512 g/mol. The summed E-state index contributed by atoms with van der Waals surface area (Å²) in [4.78, 5) is 12.9. The third-order valence-corrected chi connectivity index (χ3v) is 9.07. The summed E-state index contributed by atoms with van der Waals surface area (Å²) < 4.78 is 56.3. The fourth-order valence-corrected chi connectivity index (χ4v) is 5.71. The molecule has 0 heterocycles. The number of carbonyl (C=O) groups excluding carboxylic acids is 1. The molecule has 0 unspecified atom stereocenters. The Morgan fingerprint density at radius 2 is 1.35 bits per heavy atom. The van der Waals surface area contributed by atoms with Crippen molar-refractivity contribution in [3.63, 3.8) is 0 Å². The third kappa shape index (κ3) is 6.68. The summed E-state index contributed by atoms with van der Waals surface area (Å²) in [5.74, 6) is -0.574. The molecule has 0 saturated carbocycles. The molecule has 3 rings (SSSR count). The summed E-state index contributed by atoms with van der Waals surface area (Å²) in [7, 11) is -5.00. The zero-order valence-electron chi connectivity index (χ0n) is 21.7. The SMILES string of the molecule is Cc1ccc(C)c(N(CC(=O)Nc2ccc(S(=O)(=O)Nc3ccc(C)c(C)c3)cc2)S(=O)(=O)N(C)C)c1. The van der Waals surface area contributed by atoms with Crippen molar-refractivity contribution in [1.82, 2.24) is 4.31 Å². The van der Waals surface area contributed by atoms with E-state index in [4.69, 9.17) is 0 Å². The lowest BCUT2D eigenvalue weighted by molar-refractivity contribution is -0.114. The number of aryl methyl sites for hydroxylation is 4. The zero-order chi connectivity index (χ0) is 27.5. The van der Waals surface area contributed by atoms with Crippen molar-refractivity contribution in [2.24, 2.45) is 0 Å².